The molecule has 1 aromatic rings. The Kier molecular flexibility index (Phi) is 4.50. The Morgan fingerprint density at radius 1 is 1.16 bits per heavy atom. The van der Waals surface area contributed by atoms with Gasteiger partial charge in [-0.15, -0.1) is 0 Å². The third-order valence-electron chi connectivity index (χ3n) is 3.88. The first-order valence-corrected chi connectivity index (χ1v) is 6.92. The molecule has 1 fully saturated rings. The molecule has 1 aliphatic rings. The molecular formula is C15H20F3N. The maximum Gasteiger partial charge on any atom is 0.161 e. The molecule has 0 radical (unpaired) electrons. The molecule has 2 rings (SSSR count). The van der Waals surface area contributed by atoms with Crippen LogP contribution in [-0.4, -0.2) is 6.54 Å². The van der Waals surface area contributed by atoms with Crippen LogP contribution in [0.15, 0.2) is 12.1 Å². The Labute approximate surface area is 112 Å². The van der Waals surface area contributed by atoms with Crippen molar-refractivity contribution >= 4 is 0 Å². The van der Waals surface area contributed by atoms with Crippen molar-refractivity contribution in [1.29, 1.82) is 0 Å². The summed E-state index contributed by atoms with van der Waals surface area (Å²) in [5.74, 6) is -2.00. The van der Waals surface area contributed by atoms with Crippen LogP contribution in [0.1, 0.15) is 44.7 Å². The van der Waals surface area contributed by atoms with Crippen molar-refractivity contribution in [2.75, 3.05) is 6.54 Å². The van der Waals surface area contributed by atoms with Gasteiger partial charge in [-0.3, -0.25) is 0 Å². The monoisotopic (exact) mass is 271 g/mol. The number of hydrogen-bond donors (Lipinski definition) is 1. The van der Waals surface area contributed by atoms with E-state index in [-0.39, 0.29) is 17.5 Å². The van der Waals surface area contributed by atoms with Crippen LogP contribution >= 0.6 is 0 Å². The lowest BCUT2D eigenvalue weighted by Crippen LogP contribution is -2.29. The van der Waals surface area contributed by atoms with Gasteiger partial charge < -0.3 is 5.32 Å². The highest BCUT2D eigenvalue weighted by atomic mass is 19.2. The lowest BCUT2D eigenvalue weighted by atomic mass is 9.90. The largest absolute Gasteiger partial charge is 0.310 e. The predicted octanol–water partition coefficient (Wildman–Crippen LogP) is 4.19. The van der Waals surface area contributed by atoms with Gasteiger partial charge in [0.2, 0.25) is 0 Å². The van der Waals surface area contributed by atoms with Crippen LogP contribution in [0.3, 0.4) is 0 Å². The minimum absolute atomic E-state index is 0.228. The van der Waals surface area contributed by atoms with Gasteiger partial charge in [-0.25, -0.2) is 13.2 Å². The highest BCUT2D eigenvalue weighted by Gasteiger charge is 2.35. The first kappa shape index (κ1) is 14.4. The van der Waals surface area contributed by atoms with Crippen molar-refractivity contribution in [3.63, 3.8) is 0 Å². The minimum atomic E-state index is -1.13. The van der Waals surface area contributed by atoms with E-state index < -0.39 is 17.5 Å². The topological polar surface area (TPSA) is 12.0 Å². The Morgan fingerprint density at radius 2 is 1.79 bits per heavy atom. The predicted molar refractivity (Wildman–Crippen MR) is 69.2 cm³/mol. The Bertz CT molecular complexity index is 443. The van der Waals surface area contributed by atoms with Gasteiger partial charge in [-0.05, 0) is 43.7 Å². The Morgan fingerprint density at radius 3 is 2.37 bits per heavy atom. The Hall–Kier alpha value is -1.03. The van der Waals surface area contributed by atoms with Gasteiger partial charge in [0, 0.05) is 17.7 Å². The van der Waals surface area contributed by atoms with Gasteiger partial charge in [0.1, 0.15) is 5.82 Å². The second-order valence-corrected chi connectivity index (χ2v) is 5.42. The lowest BCUT2D eigenvalue weighted by molar-refractivity contribution is 0.337. The summed E-state index contributed by atoms with van der Waals surface area (Å²) in [6.07, 6.45) is 3.19. The summed E-state index contributed by atoms with van der Waals surface area (Å²) in [6, 6.07) is 1.39. The van der Waals surface area contributed by atoms with Gasteiger partial charge in [0.15, 0.2) is 11.6 Å². The van der Waals surface area contributed by atoms with Crippen LogP contribution in [0, 0.1) is 29.3 Å². The molecule has 106 valence electrons. The molecule has 1 aromatic carbocycles. The fourth-order valence-electron chi connectivity index (χ4n) is 2.55. The molecule has 0 aromatic heterocycles. The van der Waals surface area contributed by atoms with E-state index in [2.05, 4.69) is 5.32 Å². The standard InChI is InChI=1S/C15H20F3N/c1-3-6-19-15(9(2)10-4-5-10)11-7-13(17)14(18)8-12(11)16/h7-10,15,19H,3-6H2,1-2H3. The zero-order valence-electron chi connectivity index (χ0n) is 11.3. The van der Waals surface area contributed by atoms with Crippen molar-refractivity contribution in [1.82, 2.24) is 5.32 Å². The first-order chi connectivity index (χ1) is 9.04. The van der Waals surface area contributed by atoms with Gasteiger partial charge in [-0.2, -0.15) is 0 Å². The molecule has 0 saturated heterocycles. The normalized spacial score (nSPS) is 18.4. The molecule has 0 aliphatic heterocycles. The number of halogens is 3. The molecule has 0 amide bonds. The average molecular weight is 271 g/mol. The number of nitrogens with one attached hydrogen (secondary N) is 1. The molecule has 1 nitrogen and oxygen atoms in total. The second kappa shape index (κ2) is 5.95. The summed E-state index contributed by atoms with van der Waals surface area (Å²) in [6.45, 7) is 4.80. The molecule has 19 heavy (non-hydrogen) atoms. The van der Waals surface area contributed by atoms with Crippen LogP contribution < -0.4 is 5.32 Å². The van der Waals surface area contributed by atoms with Gasteiger partial charge in [-0.1, -0.05) is 13.8 Å². The van der Waals surface area contributed by atoms with E-state index in [1.165, 1.54) is 0 Å². The third-order valence-corrected chi connectivity index (χ3v) is 3.88. The van der Waals surface area contributed by atoms with Crippen molar-refractivity contribution in [3.8, 4) is 0 Å². The van der Waals surface area contributed by atoms with E-state index >= 15 is 0 Å². The van der Waals surface area contributed by atoms with E-state index in [0.29, 0.717) is 12.0 Å². The maximum atomic E-state index is 13.9. The third kappa shape index (κ3) is 3.30. The van der Waals surface area contributed by atoms with Crippen molar-refractivity contribution < 1.29 is 13.2 Å². The average Bonchev–Trinajstić information content (AvgIpc) is 3.19. The summed E-state index contributed by atoms with van der Waals surface area (Å²) in [5.41, 5.74) is 0.242. The van der Waals surface area contributed by atoms with E-state index in [1.54, 1.807) is 0 Å². The molecule has 0 bridgehead atoms. The zero-order valence-corrected chi connectivity index (χ0v) is 11.3. The molecule has 0 heterocycles. The molecule has 2 unspecified atom stereocenters. The van der Waals surface area contributed by atoms with Gasteiger partial charge in [0.05, 0.1) is 0 Å². The maximum absolute atomic E-state index is 13.9. The molecule has 1 N–H and O–H groups in total. The quantitative estimate of drug-likeness (QED) is 0.765. The van der Waals surface area contributed by atoms with Gasteiger partial charge >= 0.3 is 0 Å². The van der Waals surface area contributed by atoms with Crippen molar-refractivity contribution in [2.24, 2.45) is 11.8 Å². The fourth-order valence-corrected chi connectivity index (χ4v) is 2.55. The highest BCUT2D eigenvalue weighted by Crippen LogP contribution is 2.43. The fraction of sp³-hybridized carbons (Fsp3) is 0.600. The SMILES string of the molecule is CCCNC(c1cc(F)c(F)cc1F)C(C)C1CC1. The van der Waals surface area contributed by atoms with E-state index in [0.717, 1.165) is 31.9 Å². The van der Waals surface area contributed by atoms with E-state index in [1.807, 2.05) is 13.8 Å². The summed E-state index contributed by atoms with van der Waals surface area (Å²) in [4.78, 5) is 0. The zero-order chi connectivity index (χ0) is 14.0. The van der Waals surface area contributed by atoms with E-state index in [9.17, 15) is 13.2 Å². The minimum Gasteiger partial charge on any atom is -0.310 e. The molecule has 4 heteroatoms. The number of hydrogen-bond acceptors (Lipinski definition) is 1. The Balaban J connectivity index is 2.28. The van der Waals surface area contributed by atoms with Crippen LogP contribution in [0.4, 0.5) is 13.2 Å². The molecule has 0 spiro atoms. The van der Waals surface area contributed by atoms with Crippen molar-refractivity contribution in [2.45, 2.75) is 39.2 Å². The molecular weight excluding hydrogens is 251 g/mol. The summed E-state index contributed by atoms with van der Waals surface area (Å²) >= 11 is 0. The molecule has 1 aliphatic carbocycles. The summed E-state index contributed by atoms with van der Waals surface area (Å²) in [5, 5.41) is 3.27. The van der Waals surface area contributed by atoms with Crippen molar-refractivity contribution in [3.05, 3.63) is 35.1 Å². The van der Waals surface area contributed by atoms with Crippen LogP contribution in [0.2, 0.25) is 0 Å². The van der Waals surface area contributed by atoms with Crippen LogP contribution in [0.5, 0.6) is 0 Å². The van der Waals surface area contributed by atoms with Gasteiger partial charge in [0.25, 0.3) is 0 Å². The van der Waals surface area contributed by atoms with E-state index in [4.69, 9.17) is 0 Å². The smallest absolute Gasteiger partial charge is 0.161 e. The number of benzene rings is 1. The lowest BCUT2D eigenvalue weighted by Gasteiger charge is -2.26. The number of rotatable bonds is 6. The highest BCUT2D eigenvalue weighted by molar-refractivity contribution is 5.24. The molecule has 2 atom stereocenters. The van der Waals surface area contributed by atoms with Crippen LogP contribution in [-0.2, 0) is 0 Å². The summed E-state index contributed by atoms with van der Waals surface area (Å²) < 4.78 is 40.3. The summed E-state index contributed by atoms with van der Waals surface area (Å²) in [7, 11) is 0. The van der Waals surface area contributed by atoms with Crippen LogP contribution in [0.25, 0.3) is 0 Å². The first-order valence-electron chi connectivity index (χ1n) is 6.92. The molecule has 1 saturated carbocycles. The second-order valence-electron chi connectivity index (χ2n) is 5.42.